The molecule has 1 N–H and O–H groups in total. The Hall–Kier alpha value is -2.69. The Bertz CT molecular complexity index is 1160. The minimum absolute atomic E-state index is 0.0742. The number of nitrogens with one attached hydrogen (secondary N) is 1. The smallest absolute Gasteiger partial charge is 0.158 e. The molecular formula is C20H19N5S2. The lowest BCUT2D eigenvalue weighted by molar-refractivity contribution is 0.625. The fourth-order valence-electron chi connectivity index (χ4n) is 2.60. The van der Waals surface area contributed by atoms with Crippen LogP contribution >= 0.6 is 22.7 Å². The first-order valence-corrected chi connectivity index (χ1v) is 10.2. The molecule has 136 valence electrons. The first-order valence-electron chi connectivity index (χ1n) is 8.55. The van der Waals surface area contributed by atoms with Gasteiger partial charge in [-0.1, -0.05) is 0 Å². The SMILES string of the molecule is Cc1nc(C#Cc2ccc(-c3cc(NC(C)(C)C)n4nccc4n3)s2)cs1. The van der Waals surface area contributed by atoms with Crippen LogP contribution in [0.3, 0.4) is 0 Å². The van der Waals surface area contributed by atoms with E-state index in [9.17, 15) is 0 Å². The molecule has 4 heterocycles. The second kappa shape index (κ2) is 6.80. The van der Waals surface area contributed by atoms with Crippen molar-refractivity contribution in [1.82, 2.24) is 19.6 Å². The van der Waals surface area contributed by atoms with Crippen molar-refractivity contribution in [2.45, 2.75) is 33.2 Å². The monoisotopic (exact) mass is 393 g/mol. The number of thiophene rings is 1. The quantitative estimate of drug-likeness (QED) is 0.496. The highest BCUT2D eigenvalue weighted by Crippen LogP contribution is 2.29. The summed E-state index contributed by atoms with van der Waals surface area (Å²) in [5.41, 5.74) is 2.48. The third-order valence-corrected chi connectivity index (χ3v) is 5.45. The van der Waals surface area contributed by atoms with Crippen LogP contribution in [-0.4, -0.2) is 25.1 Å². The second-order valence-corrected chi connectivity index (χ2v) is 9.31. The van der Waals surface area contributed by atoms with E-state index in [1.54, 1.807) is 28.9 Å². The van der Waals surface area contributed by atoms with Gasteiger partial charge in [-0.2, -0.15) is 9.61 Å². The Morgan fingerprint density at radius 3 is 2.70 bits per heavy atom. The maximum Gasteiger partial charge on any atom is 0.158 e. The van der Waals surface area contributed by atoms with E-state index in [0.717, 1.165) is 37.6 Å². The maximum absolute atomic E-state index is 4.74. The van der Waals surface area contributed by atoms with E-state index in [1.165, 1.54) is 0 Å². The van der Waals surface area contributed by atoms with E-state index in [2.05, 4.69) is 54.1 Å². The summed E-state index contributed by atoms with van der Waals surface area (Å²) in [6, 6.07) is 8.05. The van der Waals surface area contributed by atoms with Gasteiger partial charge in [0.2, 0.25) is 0 Å². The van der Waals surface area contributed by atoms with Crippen LogP contribution in [-0.2, 0) is 0 Å². The van der Waals surface area contributed by atoms with Crippen LogP contribution in [0, 0.1) is 18.8 Å². The molecule has 0 radical (unpaired) electrons. The third-order valence-electron chi connectivity index (χ3n) is 3.65. The minimum Gasteiger partial charge on any atom is -0.365 e. The molecule has 4 aromatic heterocycles. The van der Waals surface area contributed by atoms with Crippen molar-refractivity contribution in [3.8, 4) is 22.4 Å². The van der Waals surface area contributed by atoms with Gasteiger partial charge in [0.25, 0.3) is 0 Å². The molecule has 4 rings (SSSR count). The van der Waals surface area contributed by atoms with Gasteiger partial charge in [-0.05, 0) is 51.7 Å². The average Bonchev–Trinajstić information content (AvgIpc) is 3.31. The topological polar surface area (TPSA) is 55.1 Å². The van der Waals surface area contributed by atoms with Crippen molar-refractivity contribution in [2.75, 3.05) is 5.32 Å². The van der Waals surface area contributed by atoms with E-state index < -0.39 is 0 Å². The van der Waals surface area contributed by atoms with Crippen LogP contribution in [0.15, 0.2) is 35.8 Å². The molecule has 4 aromatic rings. The van der Waals surface area contributed by atoms with Gasteiger partial charge in [0.05, 0.1) is 26.7 Å². The van der Waals surface area contributed by atoms with Gasteiger partial charge in [-0.15, -0.1) is 22.7 Å². The van der Waals surface area contributed by atoms with Crippen molar-refractivity contribution >= 4 is 34.1 Å². The summed E-state index contributed by atoms with van der Waals surface area (Å²) in [5.74, 6) is 7.25. The van der Waals surface area contributed by atoms with E-state index >= 15 is 0 Å². The molecule has 27 heavy (non-hydrogen) atoms. The van der Waals surface area contributed by atoms with Gasteiger partial charge < -0.3 is 5.32 Å². The zero-order valence-corrected chi connectivity index (χ0v) is 17.2. The molecule has 0 spiro atoms. The number of aromatic nitrogens is 4. The van der Waals surface area contributed by atoms with Crippen molar-refractivity contribution in [3.63, 3.8) is 0 Å². The number of fused-ring (bicyclic) bond motifs is 1. The molecular weight excluding hydrogens is 374 g/mol. The zero-order valence-electron chi connectivity index (χ0n) is 15.6. The summed E-state index contributed by atoms with van der Waals surface area (Å²) < 4.78 is 1.83. The Morgan fingerprint density at radius 1 is 1.11 bits per heavy atom. The highest BCUT2D eigenvalue weighted by Gasteiger charge is 2.15. The van der Waals surface area contributed by atoms with Gasteiger partial charge >= 0.3 is 0 Å². The van der Waals surface area contributed by atoms with E-state index in [4.69, 9.17) is 4.98 Å². The largest absolute Gasteiger partial charge is 0.365 e. The standard InChI is InChI=1S/C20H19N5S2/c1-13-22-14(12-26-13)5-6-15-7-8-17(27-15)16-11-19(24-20(2,3)4)25-18(23-16)9-10-21-25/h7-12,24H,1-4H3. The van der Waals surface area contributed by atoms with Gasteiger partial charge in [-0.25, -0.2) is 9.97 Å². The molecule has 0 aliphatic carbocycles. The number of nitrogens with zero attached hydrogens (tertiary/aromatic N) is 4. The van der Waals surface area contributed by atoms with Crippen LogP contribution in [0.5, 0.6) is 0 Å². The average molecular weight is 394 g/mol. The highest BCUT2D eigenvalue weighted by atomic mass is 32.1. The van der Waals surface area contributed by atoms with E-state index in [0.29, 0.717) is 0 Å². The number of rotatable bonds is 2. The van der Waals surface area contributed by atoms with Crippen molar-refractivity contribution in [1.29, 1.82) is 0 Å². The van der Waals surface area contributed by atoms with Gasteiger partial charge in [0, 0.05) is 23.1 Å². The van der Waals surface area contributed by atoms with Crippen LogP contribution in [0.25, 0.3) is 16.2 Å². The number of hydrogen-bond acceptors (Lipinski definition) is 6. The number of aryl methyl sites for hydroxylation is 1. The lowest BCUT2D eigenvalue weighted by Crippen LogP contribution is -2.27. The first kappa shape index (κ1) is 17.7. The Morgan fingerprint density at radius 2 is 1.96 bits per heavy atom. The first-order chi connectivity index (χ1) is 12.9. The van der Waals surface area contributed by atoms with Crippen LogP contribution < -0.4 is 5.32 Å². The molecule has 0 unspecified atom stereocenters. The Balaban J connectivity index is 1.69. The summed E-state index contributed by atoms with van der Waals surface area (Å²) in [7, 11) is 0. The minimum atomic E-state index is -0.0742. The fourth-order valence-corrected chi connectivity index (χ4v) is 3.97. The Labute approximate surface area is 166 Å². The fraction of sp³-hybridized carbons (Fsp3) is 0.250. The molecule has 0 saturated carbocycles. The van der Waals surface area contributed by atoms with Crippen LogP contribution in [0.1, 0.15) is 36.3 Å². The molecule has 0 aliphatic rings. The highest BCUT2D eigenvalue weighted by molar-refractivity contribution is 7.16. The van der Waals surface area contributed by atoms with E-state index in [-0.39, 0.29) is 5.54 Å². The third kappa shape index (κ3) is 4.02. The molecule has 0 bridgehead atoms. The molecule has 0 atom stereocenters. The molecule has 0 saturated heterocycles. The van der Waals surface area contributed by atoms with Gasteiger partial charge in [-0.3, -0.25) is 0 Å². The maximum atomic E-state index is 4.74. The lowest BCUT2D eigenvalue weighted by Gasteiger charge is -2.22. The molecule has 0 amide bonds. The lowest BCUT2D eigenvalue weighted by atomic mass is 10.1. The predicted octanol–water partition coefficient (Wildman–Crippen LogP) is 4.83. The van der Waals surface area contributed by atoms with Gasteiger partial charge in [0.15, 0.2) is 5.65 Å². The van der Waals surface area contributed by atoms with E-state index in [1.807, 2.05) is 35.0 Å². The predicted molar refractivity (Wildman–Crippen MR) is 113 cm³/mol. The number of hydrogen-bond donors (Lipinski definition) is 1. The summed E-state index contributed by atoms with van der Waals surface area (Å²) in [5, 5.41) is 10.9. The normalized spacial score (nSPS) is 11.4. The number of anilines is 1. The number of thiazole rings is 1. The summed E-state index contributed by atoms with van der Waals surface area (Å²) in [4.78, 5) is 11.2. The molecule has 0 aromatic carbocycles. The van der Waals surface area contributed by atoms with Crippen molar-refractivity contribution in [2.24, 2.45) is 0 Å². The Kier molecular flexibility index (Phi) is 4.46. The molecule has 5 nitrogen and oxygen atoms in total. The molecule has 0 aliphatic heterocycles. The van der Waals surface area contributed by atoms with Crippen molar-refractivity contribution < 1.29 is 0 Å². The summed E-state index contributed by atoms with van der Waals surface area (Å²) in [6.07, 6.45) is 1.77. The summed E-state index contributed by atoms with van der Waals surface area (Å²) >= 11 is 3.25. The van der Waals surface area contributed by atoms with Crippen molar-refractivity contribution in [3.05, 3.63) is 51.4 Å². The molecule has 7 heteroatoms. The molecule has 0 fully saturated rings. The summed E-state index contributed by atoms with van der Waals surface area (Å²) in [6.45, 7) is 8.37. The van der Waals surface area contributed by atoms with Crippen LogP contribution in [0.4, 0.5) is 5.82 Å². The zero-order chi connectivity index (χ0) is 19.0. The second-order valence-electron chi connectivity index (χ2n) is 7.17. The van der Waals surface area contributed by atoms with Crippen LogP contribution in [0.2, 0.25) is 0 Å². The van der Waals surface area contributed by atoms with Gasteiger partial charge in [0.1, 0.15) is 11.5 Å².